The highest BCUT2D eigenvalue weighted by Gasteiger charge is 2.34. The number of fused-ring (bicyclic) bond motifs is 1. The fraction of sp³-hybridized carbons (Fsp3) is 0.320. The van der Waals surface area contributed by atoms with Crippen molar-refractivity contribution in [3.8, 4) is 22.4 Å². The van der Waals surface area contributed by atoms with Crippen molar-refractivity contribution in [2.24, 2.45) is 0 Å². The standard InChI is InChI=1S/C25H27N5O3/c1-25(2,3)32-24(31)30-12-4-5-20(30)23-27-14-19(28-23)16-8-6-15(7-9-16)17-10-11-18-21(13-17)33-29-22(18)26/h6-11,13-14,20H,4-5,12H2,1-3H3,(H2,26,29)(H,27,28)/t20-/m0/s1. The van der Waals surface area contributed by atoms with Crippen LogP contribution in [0.15, 0.2) is 53.2 Å². The van der Waals surface area contributed by atoms with Crippen molar-refractivity contribution in [2.75, 3.05) is 12.3 Å². The Kier molecular flexibility index (Phi) is 5.08. The molecule has 8 nitrogen and oxygen atoms in total. The van der Waals surface area contributed by atoms with Crippen LogP contribution in [0, 0.1) is 0 Å². The minimum absolute atomic E-state index is 0.103. The summed E-state index contributed by atoms with van der Waals surface area (Å²) in [6.07, 6.45) is 3.31. The van der Waals surface area contributed by atoms with Crippen molar-refractivity contribution in [3.05, 3.63) is 54.5 Å². The molecule has 2 aromatic heterocycles. The van der Waals surface area contributed by atoms with E-state index in [-0.39, 0.29) is 12.1 Å². The number of nitrogens with two attached hydrogens (primary N) is 1. The fourth-order valence-corrected chi connectivity index (χ4v) is 4.22. The Bertz CT molecular complexity index is 1300. The Morgan fingerprint density at radius 1 is 1.15 bits per heavy atom. The van der Waals surface area contributed by atoms with Crippen LogP contribution in [0.1, 0.15) is 45.5 Å². The number of amides is 1. The van der Waals surface area contributed by atoms with Gasteiger partial charge in [-0.2, -0.15) is 0 Å². The number of rotatable bonds is 3. The van der Waals surface area contributed by atoms with Crippen molar-refractivity contribution >= 4 is 22.9 Å². The molecular weight excluding hydrogens is 418 g/mol. The number of hydrogen-bond acceptors (Lipinski definition) is 6. The molecule has 0 bridgehead atoms. The third-order valence-electron chi connectivity index (χ3n) is 5.82. The van der Waals surface area contributed by atoms with E-state index in [9.17, 15) is 4.79 Å². The second-order valence-electron chi connectivity index (χ2n) is 9.37. The van der Waals surface area contributed by atoms with E-state index in [0.717, 1.165) is 46.4 Å². The molecule has 3 N–H and O–H groups in total. The van der Waals surface area contributed by atoms with Crippen LogP contribution >= 0.6 is 0 Å². The minimum atomic E-state index is -0.523. The molecular formula is C25H27N5O3. The number of carbonyl (C=O) groups is 1. The van der Waals surface area contributed by atoms with Gasteiger partial charge in [-0.1, -0.05) is 35.5 Å². The Labute approximate surface area is 191 Å². The lowest BCUT2D eigenvalue weighted by molar-refractivity contribution is 0.0218. The van der Waals surface area contributed by atoms with Gasteiger partial charge in [-0.25, -0.2) is 9.78 Å². The van der Waals surface area contributed by atoms with Gasteiger partial charge in [0, 0.05) is 6.54 Å². The lowest BCUT2D eigenvalue weighted by atomic mass is 10.0. The molecule has 0 spiro atoms. The Balaban J connectivity index is 1.34. The summed E-state index contributed by atoms with van der Waals surface area (Å²) in [4.78, 5) is 22.4. The van der Waals surface area contributed by atoms with E-state index < -0.39 is 5.60 Å². The van der Waals surface area contributed by atoms with Gasteiger partial charge in [0.15, 0.2) is 11.4 Å². The number of nitrogens with one attached hydrogen (secondary N) is 1. The molecule has 1 aliphatic heterocycles. The molecule has 1 aliphatic rings. The normalized spacial score (nSPS) is 16.5. The summed E-state index contributed by atoms with van der Waals surface area (Å²) in [5, 5.41) is 4.62. The number of benzene rings is 2. The highest BCUT2D eigenvalue weighted by Crippen LogP contribution is 2.33. The van der Waals surface area contributed by atoms with Crippen LogP contribution in [0.2, 0.25) is 0 Å². The van der Waals surface area contributed by atoms with E-state index in [1.165, 1.54) is 0 Å². The Morgan fingerprint density at radius 3 is 2.64 bits per heavy atom. The van der Waals surface area contributed by atoms with Crippen molar-refractivity contribution < 1.29 is 14.1 Å². The molecule has 1 atom stereocenters. The molecule has 0 saturated carbocycles. The highest BCUT2D eigenvalue weighted by atomic mass is 16.6. The number of hydrogen-bond donors (Lipinski definition) is 2. The first-order valence-electron chi connectivity index (χ1n) is 11.1. The van der Waals surface area contributed by atoms with Gasteiger partial charge < -0.3 is 20.0 Å². The van der Waals surface area contributed by atoms with Crippen molar-refractivity contribution in [1.29, 1.82) is 0 Å². The first-order valence-corrected chi connectivity index (χ1v) is 11.1. The number of nitrogens with zero attached hydrogens (tertiary/aromatic N) is 3. The van der Waals surface area contributed by atoms with Crippen LogP contribution in [-0.2, 0) is 4.74 Å². The summed E-state index contributed by atoms with van der Waals surface area (Å²) in [6, 6.07) is 14.0. The van der Waals surface area contributed by atoms with E-state index in [1.54, 1.807) is 4.90 Å². The second-order valence-corrected chi connectivity index (χ2v) is 9.37. The average Bonchev–Trinajstić information content (AvgIpc) is 3.52. The summed E-state index contributed by atoms with van der Waals surface area (Å²) in [7, 11) is 0. The Hall–Kier alpha value is -3.81. The zero-order valence-corrected chi connectivity index (χ0v) is 19.0. The van der Waals surface area contributed by atoms with Crippen LogP contribution in [-0.4, -0.2) is 38.3 Å². The number of likely N-dealkylation sites (tertiary alicyclic amines) is 1. The summed E-state index contributed by atoms with van der Waals surface area (Å²) in [5.74, 6) is 1.18. The molecule has 0 radical (unpaired) electrons. The fourth-order valence-electron chi connectivity index (χ4n) is 4.22. The van der Waals surface area contributed by atoms with Crippen LogP contribution < -0.4 is 5.73 Å². The smallest absolute Gasteiger partial charge is 0.410 e. The number of aromatic amines is 1. The van der Waals surface area contributed by atoms with Crippen molar-refractivity contribution in [1.82, 2.24) is 20.0 Å². The predicted molar refractivity (Wildman–Crippen MR) is 126 cm³/mol. The zero-order valence-electron chi connectivity index (χ0n) is 19.0. The van der Waals surface area contributed by atoms with Crippen molar-refractivity contribution in [2.45, 2.75) is 45.3 Å². The van der Waals surface area contributed by atoms with Gasteiger partial charge in [0.05, 0.1) is 23.3 Å². The molecule has 8 heteroatoms. The van der Waals surface area contributed by atoms with E-state index in [4.69, 9.17) is 15.0 Å². The lowest BCUT2D eigenvalue weighted by Crippen LogP contribution is -2.36. The van der Waals surface area contributed by atoms with Gasteiger partial charge in [0.2, 0.25) is 0 Å². The maximum atomic E-state index is 12.6. The van der Waals surface area contributed by atoms with Gasteiger partial charge in [-0.05, 0) is 62.4 Å². The number of imidazole rings is 1. The largest absolute Gasteiger partial charge is 0.444 e. The third kappa shape index (κ3) is 4.16. The molecule has 2 aromatic carbocycles. The molecule has 3 heterocycles. The van der Waals surface area contributed by atoms with Crippen LogP contribution in [0.3, 0.4) is 0 Å². The minimum Gasteiger partial charge on any atom is -0.444 e. The summed E-state index contributed by atoms with van der Waals surface area (Å²) in [6.45, 7) is 6.31. The van der Waals surface area contributed by atoms with Gasteiger partial charge in [-0.3, -0.25) is 4.90 Å². The topological polar surface area (TPSA) is 110 Å². The van der Waals surface area contributed by atoms with Gasteiger partial charge in [0.1, 0.15) is 11.4 Å². The van der Waals surface area contributed by atoms with E-state index in [1.807, 2.05) is 57.3 Å². The number of anilines is 1. The van der Waals surface area contributed by atoms with Gasteiger partial charge >= 0.3 is 6.09 Å². The van der Waals surface area contributed by atoms with E-state index in [2.05, 4.69) is 27.3 Å². The second kappa shape index (κ2) is 7.95. The van der Waals surface area contributed by atoms with Gasteiger partial charge in [-0.15, -0.1) is 0 Å². The van der Waals surface area contributed by atoms with Crippen LogP contribution in [0.25, 0.3) is 33.4 Å². The van der Waals surface area contributed by atoms with Crippen LogP contribution in [0.5, 0.6) is 0 Å². The van der Waals surface area contributed by atoms with E-state index >= 15 is 0 Å². The number of nitrogen functional groups attached to an aromatic ring is 1. The molecule has 5 rings (SSSR count). The van der Waals surface area contributed by atoms with Gasteiger partial charge in [0.25, 0.3) is 0 Å². The lowest BCUT2D eigenvalue weighted by Gasteiger charge is -2.27. The predicted octanol–water partition coefficient (Wildman–Crippen LogP) is 5.54. The molecule has 1 amide bonds. The number of aromatic nitrogens is 3. The SMILES string of the molecule is CC(C)(C)OC(=O)N1CCC[C@H]1c1ncc(-c2ccc(-c3ccc4c(N)noc4c3)cc2)[nH]1. The maximum Gasteiger partial charge on any atom is 0.410 e. The molecule has 1 fully saturated rings. The maximum absolute atomic E-state index is 12.6. The molecule has 1 saturated heterocycles. The number of ether oxygens (including phenoxy) is 1. The summed E-state index contributed by atoms with van der Waals surface area (Å²) >= 11 is 0. The summed E-state index contributed by atoms with van der Waals surface area (Å²) < 4.78 is 10.9. The molecule has 33 heavy (non-hydrogen) atoms. The average molecular weight is 446 g/mol. The Morgan fingerprint density at radius 2 is 1.88 bits per heavy atom. The third-order valence-corrected chi connectivity index (χ3v) is 5.82. The van der Waals surface area contributed by atoms with Crippen LogP contribution in [0.4, 0.5) is 10.6 Å². The summed E-state index contributed by atoms with van der Waals surface area (Å²) in [5.41, 5.74) is 9.95. The number of H-pyrrole nitrogens is 1. The first-order chi connectivity index (χ1) is 15.8. The van der Waals surface area contributed by atoms with E-state index in [0.29, 0.717) is 17.9 Å². The van der Waals surface area contributed by atoms with Crippen molar-refractivity contribution in [3.63, 3.8) is 0 Å². The monoisotopic (exact) mass is 445 g/mol. The quantitative estimate of drug-likeness (QED) is 0.428. The number of carbonyl (C=O) groups excluding carboxylic acids is 1. The first kappa shape index (κ1) is 21.1. The molecule has 4 aromatic rings. The highest BCUT2D eigenvalue weighted by molar-refractivity contribution is 5.90. The molecule has 0 aliphatic carbocycles. The molecule has 0 unspecified atom stereocenters. The zero-order chi connectivity index (χ0) is 23.2. The molecule has 170 valence electrons.